The van der Waals surface area contributed by atoms with Crippen LogP contribution in [0, 0.1) is 12.8 Å². The summed E-state index contributed by atoms with van der Waals surface area (Å²) >= 11 is 1.70. The van der Waals surface area contributed by atoms with Crippen molar-refractivity contribution in [3.63, 3.8) is 0 Å². The van der Waals surface area contributed by atoms with E-state index in [9.17, 15) is 4.79 Å². The lowest BCUT2D eigenvalue weighted by Gasteiger charge is -2.23. The molecule has 4 rings (SSSR count). The molecule has 0 saturated heterocycles. The van der Waals surface area contributed by atoms with E-state index in [4.69, 9.17) is 9.72 Å². The van der Waals surface area contributed by atoms with Gasteiger partial charge < -0.3 is 9.72 Å². The normalized spacial score (nSPS) is 17.5. The van der Waals surface area contributed by atoms with E-state index in [0.717, 1.165) is 47.6 Å². The maximum atomic E-state index is 12.8. The van der Waals surface area contributed by atoms with E-state index in [0.29, 0.717) is 12.5 Å². The fourth-order valence-electron chi connectivity index (χ4n) is 3.98. The molecule has 2 unspecified atom stereocenters. The Morgan fingerprint density at radius 2 is 2.24 bits per heavy atom. The average molecular weight is 412 g/mol. The van der Waals surface area contributed by atoms with Gasteiger partial charge in [0.2, 0.25) is 0 Å². The van der Waals surface area contributed by atoms with Crippen LogP contribution in [0.5, 0.6) is 5.75 Å². The van der Waals surface area contributed by atoms with Crippen molar-refractivity contribution in [2.24, 2.45) is 5.92 Å². The molecule has 2 atom stereocenters. The van der Waals surface area contributed by atoms with E-state index < -0.39 is 0 Å². The molecule has 1 aliphatic carbocycles. The number of rotatable bonds is 6. The summed E-state index contributed by atoms with van der Waals surface area (Å²) in [6.07, 6.45) is 3.21. The van der Waals surface area contributed by atoms with Crippen LogP contribution in [0.3, 0.4) is 0 Å². The Kier molecular flexibility index (Phi) is 5.74. The number of H-pyrrole nitrogens is 1. The van der Waals surface area contributed by atoms with Gasteiger partial charge in [-0.25, -0.2) is 4.98 Å². The van der Waals surface area contributed by atoms with E-state index in [1.54, 1.807) is 11.3 Å². The number of hydrogen-bond acceptors (Lipinski definition) is 5. The second kappa shape index (κ2) is 8.28. The average Bonchev–Trinajstić information content (AvgIpc) is 3.05. The van der Waals surface area contributed by atoms with Crippen molar-refractivity contribution in [1.29, 1.82) is 0 Å². The van der Waals surface area contributed by atoms with Gasteiger partial charge in [0.25, 0.3) is 5.56 Å². The van der Waals surface area contributed by atoms with Crippen molar-refractivity contribution >= 4 is 21.6 Å². The number of hydrogen-bond donors (Lipinski definition) is 1. The third kappa shape index (κ3) is 4.23. The lowest BCUT2D eigenvalue weighted by atomic mass is 9.89. The molecule has 2 heterocycles. The molecule has 0 radical (unpaired) electrons. The number of ether oxygens (including phenoxy) is 1. The van der Waals surface area contributed by atoms with Gasteiger partial charge in [0.15, 0.2) is 0 Å². The van der Waals surface area contributed by atoms with Crippen LogP contribution >= 0.6 is 11.3 Å². The van der Waals surface area contributed by atoms with Gasteiger partial charge in [-0.3, -0.25) is 9.69 Å². The largest absolute Gasteiger partial charge is 0.492 e. The predicted octanol–water partition coefficient (Wildman–Crippen LogP) is 4.49. The van der Waals surface area contributed by atoms with Gasteiger partial charge in [-0.2, -0.15) is 0 Å². The number of likely N-dealkylation sites (N-methyl/N-ethyl adjacent to an activating group) is 1. The lowest BCUT2D eigenvalue weighted by molar-refractivity contribution is 0.196. The van der Waals surface area contributed by atoms with E-state index in [1.807, 2.05) is 25.2 Å². The topological polar surface area (TPSA) is 58.2 Å². The zero-order valence-electron chi connectivity index (χ0n) is 17.6. The monoisotopic (exact) mass is 411 g/mol. The number of nitrogens with zero attached hydrogens (tertiary/aromatic N) is 2. The van der Waals surface area contributed by atoms with E-state index in [-0.39, 0.29) is 11.6 Å². The van der Waals surface area contributed by atoms with Crippen molar-refractivity contribution in [2.45, 2.75) is 46.1 Å². The molecular weight excluding hydrogens is 382 g/mol. The molecule has 1 aliphatic rings. The minimum absolute atomic E-state index is 0.00580. The summed E-state index contributed by atoms with van der Waals surface area (Å²) in [7, 11) is 2.04. The maximum Gasteiger partial charge on any atom is 0.259 e. The SMILES string of the molecule is Cc1cccc(OCCN(C)C(C)c2nc3sc4c(c3c(=O)[nH]2)CCC(C)C4)c1. The molecule has 3 aromatic rings. The number of aromatic nitrogens is 2. The van der Waals surface area contributed by atoms with Crippen molar-refractivity contribution in [3.05, 3.63) is 56.4 Å². The molecular formula is C23H29N3O2S. The van der Waals surface area contributed by atoms with Gasteiger partial charge in [0.05, 0.1) is 11.4 Å². The van der Waals surface area contributed by atoms with Crippen LogP contribution in [0.25, 0.3) is 10.2 Å². The summed E-state index contributed by atoms with van der Waals surface area (Å²) in [4.78, 5) is 25.1. The van der Waals surface area contributed by atoms with Crippen LogP contribution in [0.4, 0.5) is 0 Å². The van der Waals surface area contributed by atoms with Crippen molar-refractivity contribution in [1.82, 2.24) is 14.9 Å². The minimum atomic E-state index is 0.00580. The zero-order chi connectivity index (χ0) is 20.5. The third-order valence-corrected chi connectivity index (χ3v) is 7.09. The van der Waals surface area contributed by atoms with Gasteiger partial charge in [-0.15, -0.1) is 11.3 Å². The molecule has 6 heteroatoms. The summed E-state index contributed by atoms with van der Waals surface area (Å²) in [5, 5.41) is 0.818. The van der Waals surface area contributed by atoms with E-state index >= 15 is 0 Å². The van der Waals surface area contributed by atoms with Crippen molar-refractivity contribution < 1.29 is 4.74 Å². The molecule has 29 heavy (non-hydrogen) atoms. The first-order valence-electron chi connectivity index (χ1n) is 10.4. The van der Waals surface area contributed by atoms with Crippen LogP contribution in [0.15, 0.2) is 29.1 Å². The number of aryl methyl sites for hydroxylation is 2. The Morgan fingerprint density at radius 1 is 1.41 bits per heavy atom. The van der Waals surface area contributed by atoms with Gasteiger partial charge in [0.1, 0.15) is 23.0 Å². The third-order valence-electron chi connectivity index (χ3n) is 5.94. The quantitative estimate of drug-likeness (QED) is 0.649. The summed E-state index contributed by atoms with van der Waals surface area (Å²) in [5.41, 5.74) is 2.43. The minimum Gasteiger partial charge on any atom is -0.492 e. The Morgan fingerprint density at radius 3 is 3.03 bits per heavy atom. The number of thiophene rings is 1. The summed E-state index contributed by atoms with van der Waals surface area (Å²) in [6.45, 7) is 7.75. The highest BCUT2D eigenvalue weighted by Gasteiger charge is 2.24. The summed E-state index contributed by atoms with van der Waals surface area (Å²) in [6, 6.07) is 8.08. The van der Waals surface area contributed by atoms with Gasteiger partial charge in [-0.05, 0) is 69.3 Å². The molecule has 1 N–H and O–H groups in total. The molecule has 0 bridgehead atoms. The predicted molar refractivity (Wildman–Crippen MR) is 119 cm³/mol. The van der Waals surface area contributed by atoms with E-state index in [2.05, 4.69) is 36.7 Å². The molecule has 0 spiro atoms. The summed E-state index contributed by atoms with van der Waals surface area (Å²) in [5.74, 6) is 2.30. The van der Waals surface area contributed by atoms with Crippen LogP contribution in [-0.2, 0) is 12.8 Å². The Balaban J connectivity index is 1.47. The molecule has 0 aliphatic heterocycles. The molecule has 154 valence electrons. The number of benzene rings is 1. The molecule has 5 nitrogen and oxygen atoms in total. The van der Waals surface area contributed by atoms with Crippen LogP contribution in [-0.4, -0.2) is 35.1 Å². The van der Waals surface area contributed by atoms with Gasteiger partial charge >= 0.3 is 0 Å². The molecule has 0 saturated carbocycles. The summed E-state index contributed by atoms with van der Waals surface area (Å²) < 4.78 is 5.87. The molecule has 2 aromatic heterocycles. The van der Waals surface area contributed by atoms with Crippen LogP contribution < -0.4 is 10.3 Å². The molecule has 1 aromatic carbocycles. The molecule has 0 amide bonds. The highest BCUT2D eigenvalue weighted by Crippen LogP contribution is 2.36. The number of fused-ring (bicyclic) bond motifs is 3. The maximum absolute atomic E-state index is 12.8. The van der Waals surface area contributed by atoms with E-state index in [1.165, 1.54) is 16.0 Å². The highest BCUT2D eigenvalue weighted by molar-refractivity contribution is 7.18. The first-order valence-corrected chi connectivity index (χ1v) is 11.2. The Bertz CT molecular complexity index is 1070. The van der Waals surface area contributed by atoms with Crippen LogP contribution in [0.2, 0.25) is 0 Å². The van der Waals surface area contributed by atoms with Gasteiger partial charge in [-0.1, -0.05) is 19.1 Å². The fraction of sp³-hybridized carbons (Fsp3) is 0.478. The van der Waals surface area contributed by atoms with Crippen molar-refractivity contribution in [2.75, 3.05) is 20.2 Å². The zero-order valence-corrected chi connectivity index (χ0v) is 18.4. The second-order valence-corrected chi connectivity index (χ2v) is 9.39. The standard InChI is InChI=1S/C23H29N3O2S/c1-14-6-5-7-17(12-14)28-11-10-26(4)16(3)21-24-22(27)20-18-9-8-15(2)13-19(18)29-23(20)25-21/h5-7,12,15-16H,8-11,13H2,1-4H3,(H,24,25,27). The van der Waals surface area contributed by atoms with Gasteiger partial charge in [0, 0.05) is 11.4 Å². The lowest BCUT2D eigenvalue weighted by Crippen LogP contribution is -2.29. The highest BCUT2D eigenvalue weighted by atomic mass is 32.1. The van der Waals surface area contributed by atoms with Crippen molar-refractivity contribution in [3.8, 4) is 5.75 Å². The number of aromatic amines is 1. The first-order chi connectivity index (χ1) is 13.9. The fourth-order valence-corrected chi connectivity index (χ4v) is 5.37. The molecule has 0 fully saturated rings. The Hall–Kier alpha value is -2.18. The van der Waals surface area contributed by atoms with Crippen LogP contribution in [0.1, 0.15) is 48.1 Å². The first kappa shape index (κ1) is 20.1. The second-order valence-electron chi connectivity index (χ2n) is 8.30. The Labute approximate surface area is 175 Å². The smallest absolute Gasteiger partial charge is 0.259 e. The number of nitrogens with one attached hydrogen (secondary N) is 1.